The third-order valence-corrected chi connectivity index (χ3v) is 3.79. The third kappa shape index (κ3) is 3.20. The van der Waals surface area contributed by atoms with Gasteiger partial charge in [-0.15, -0.1) is 0 Å². The number of aromatic nitrogens is 1. The largest absolute Gasteiger partial charge is 0.488 e. The van der Waals surface area contributed by atoms with Crippen LogP contribution in [-0.4, -0.2) is 36.8 Å². The van der Waals surface area contributed by atoms with Crippen LogP contribution in [0.15, 0.2) is 47.5 Å². The van der Waals surface area contributed by atoms with Crippen molar-refractivity contribution in [2.75, 3.05) is 6.26 Å². The van der Waals surface area contributed by atoms with Gasteiger partial charge in [0.05, 0.1) is 10.6 Å². The van der Waals surface area contributed by atoms with E-state index in [9.17, 15) is 8.42 Å². The highest BCUT2D eigenvalue weighted by atomic mass is 32.2. The van der Waals surface area contributed by atoms with E-state index < -0.39 is 17.0 Å². The second-order valence-corrected chi connectivity index (χ2v) is 6.16. The normalized spacial score (nSPS) is 11.3. The molecule has 2 aromatic rings. The van der Waals surface area contributed by atoms with Crippen molar-refractivity contribution in [3.05, 3.63) is 42.6 Å². The van der Waals surface area contributed by atoms with Gasteiger partial charge in [-0.2, -0.15) is 0 Å². The summed E-state index contributed by atoms with van der Waals surface area (Å²) in [6.45, 7) is 0. The quantitative estimate of drug-likeness (QED) is 0.761. The van der Waals surface area contributed by atoms with Gasteiger partial charge in [0.25, 0.3) is 0 Å². The highest BCUT2D eigenvalue weighted by molar-refractivity contribution is 7.90. The Hall–Kier alpha value is -1.70. The maximum atomic E-state index is 11.3. The van der Waals surface area contributed by atoms with Crippen LogP contribution in [0.2, 0.25) is 0 Å². The minimum absolute atomic E-state index is 0.231. The van der Waals surface area contributed by atoms with Crippen molar-refractivity contribution in [2.24, 2.45) is 0 Å². The molecule has 0 radical (unpaired) electrons. The van der Waals surface area contributed by atoms with Gasteiger partial charge in [-0.3, -0.25) is 4.98 Å². The lowest BCUT2D eigenvalue weighted by molar-refractivity contribution is 0.425. The van der Waals surface area contributed by atoms with Gasteiger partial charge in [-0.05, 0) is 29.7 Å². The lowest BCUT2D eigenvalue weighted by Gasteiger charge is -2.05. The predicted octanol–water partition coefficient (Wildman–Crippen LogP) is -0.168. The van der Waals surface area contributed by atoms with Crippen molar-refractivity contribution in [3.63, 3.8) is 0 Å². The molecule has 5 nitrogen and oxygen atoms in total. The first-order valence-electron chi connectivity index (χ1n) is 5.50. The Morgan fingerprint density at radius 2 is 1.74 bits per heavy atom. The molecule has 0 aliphatic heterocycles. The van der Waals surface area contributed by atoms with E-state index in [0.717, 1.165) is 6.26 Å². The molecule has 0 fully saturated rings. The lowest BCUT2D eigenvalue weighted by Crippen LogP contribution is -2.29. The van der Waals surface area contributed by atoms with E-state index in [1.54, 1.807) is 18.2 Å². The third-order valence-electron chi connectivity index (χ3n) is 2.66. The van der Waals surface area contributed by atoms with Crippen LogP contribution >= 0.6 is 0 Å². The van der Waals surface area contributed by atoms with Crippen molar-refractivity contribution in [1.82, 2.24) is 4.98 Å². The van der Waals surface area contributed by atoms with E-state index in [1.807, 2.05) is 0 Å². The van der Waals surface area contributed by atoms with Crippen LogP contribution in [0.5, 0.6) is 0 Å². The summed E-state index contributed by atoms with van der Waals surface area (Å²) in [7, 11) is -4.78. The van der Waals surface area contributed by atoms with Crippen molar-refractivity contribution in [2.45, 2.75) is 4.90 Å². The molecule has 7 heteroatoms. The van der Waals surface area contributed by atoms with Crippen LogP contribution in [0.1, 0.15) is 0 Å². The first-order chi connectivity index (χ1) is 8.88. The Morgan fingerprint density at radius 1 is 1.11 bits per heavy atom. The van der Waals surface area contributed by atoms with E-state index in [0.29, 0.717) is 16.7 Å². The SMILES string of the molecule is CS(=O)(=O)c1ccc(-c2cc(B(O)O)ccn2)cc1. The molecule has 98 valence electrons. The summed E-state index contributed by atoms with van der Waals surface area (Å²) in [5, 5.41) is 18.2. The summed E-state index contributed by atoms with van der Waals surface area (Å²) in [6.07, 6.45) is 2.61. The van der Waals surface area contributed by atoms with E-state index in [2.05, 4.69) is 4.98 Å². The average Bonchev–Trinajstić information content (AvgIpc) is 2.38. The van der Waals surface area contributed by atoms with Crippen molar-refractivity contribution >= 4 is 22.4 Å². The number of sulfone groups is 1. The Kier molecular flexibility index (Phi) is 3.70. The zero-order valence-electron chi connectivity index (χ0n) is 10.2. The maximum absolute atomic E-state index is 11.3. The molecule has 0 aliphatic rings. The Bertz CT molecular complexity index is 683. The van der Waals surface area contributed by atoms with Crippen LogP contribution in [0.3, 0.4) is 0 Å². The molecule has 0 bridgehead atoms. The van der Waals surface area contributed by atoms with E-state index in [4.69, 9.17) is 10.0 Å². The first kappa shape index (κ1) is 13.7. The number of rotatable bonds is 3. The molecule has 0 saturated carbocycles. The molecule has 2 N–H and O–H groups in total. The van der Waals surface area contributed by atoms with Gasteiger partial charge in [-0.1, -0.05) is 12.1 Å². The Balaban J connectivity index is 2.40. The summed E-state index contributed by atoms with van der Waals surface area (Å²) >= 11 is 0. The summed E-state index contributed by atoms with van der Waals surface area (Å²) in [6, 6.07) is 9.29. The summed E-state index contributed by atoms with van der Waals surface area (Å²) < 4.78 is 22.7. The smallest absolute Gasteiger partial charge is 0.423 e. The van der Waals surface area contributed by atoms with Crippen LogP contribution in [0.25, 0.3) is 11.3 Å². The van der Waals surface area contributed by atoms with Gasteiger partial charge in [0, 0.05) is 18.0 Å². The van der Waals surface area contributed by atoms with Crippen LogP contribution in [0, 0.1) is 0 Å². The molecule has 19 heavy (non-hydrogen) atoms. The average molecular weight is 277 g/mol. The van der Waals surface area contributed by atoms with Crippen LogP contribution < -0.4 is 5.46 Å². The molecular formula is C12H12BNO4S. The Morgan fingerprint density at radius 3 is 2.26 bits per heavy atom. The van der Waals surface area contributed by atoms with Gasteiger partial charge >= 0.3 is 7.12 Å². The van der Waals surface area contributed by atoms with Gasteiger partial charge in [0.2, 0.25) is 0 Å². The first-order valence-corrected chi connectivity index (χ1v) is 7.39. The second kappa shape index (κ2) is 5.12. The summed E-state index contributed by atoms with van der Waals surface area (Å²) in [4.78, 5) is 4.34. The van der Waals surface area contributed by atoms with Gasteiger partial charge in [0.1, 0.15) is 0 Å². The van der Waals surface area contributed by atoms with E-state index in [-0.39, 0.29) is 4.90 Å². The van der Waals surface area contributed by atoms with Crippen molar-refractivity contribution < 1.29 is 18.5 Å². The van der Waals surface area contributed by atoms with Gasteiger partial charge < -0.3 is 10.0 Å². The minimum Gasteiger partial charge on any atom is -0.423 e. The molecular weight excluding hydrogens is 265 g/mol. The molecule has 2 rings (SSSR count). The van der Waals surface area contributed by atoms with E-state index >= 15 is 0 Å². The molecule has 0 saturated heterocycles. The van der Waals surface area contributed by atoms with Crippen molar-refractivity contribution in [1.29, 1.82) is 0 Å². The zero-order valence-corrected chi connectivity index (χ0v) is 11.0. The van der Waals surface area contributed by atoms with E-state index in [1.165, 1.54) is 24.4 Å². The number of nitrogens with zero attached hydrogens (tertiary/aromatic N) is 1. The molecule has 1 aromatic carbocycles. The molecule has 1 heterocycles. The van der Waals surface area contributed by atoms with Crippen LogP contribution in [0.4, 0.5) is 0 Å². The maximum Gasteiger partial charge on any atom is 0.488 e. The number of pyridine rings is 1. The molecule has 0 spiro atoms. The Labute approximate surface area is 111 Å². The highest BCUT2D eigenvalue weighted by Gasteiger charge is 2.12. The number of hydrogen-bond donors (Lipinski definition) is 2. The molecule has 1 aromatic heterocycles. The summed E-state index contributed by atoms with van der Waals surface area (Å²) in [5.41, 5.74) is 1.58. The fourth-order valence-electron chi connectivity index (χ4n) is 1.64. The monoisotopic (exact) mass is 277 g/mol. The number of hydrogen-bond acceptors (Lipinski definition) is 5. The van der Waals surface area contributed by atoms with Gasteiger partial charge in [0.15, 0.2) is 9.84 Å². The highest BCUT2D eigenvalue weighted by Crippen LogP contribution is 2.18. The van der Waals surface area contributed by atoms with Crippen LogP contribution in [-0.2, 0) is 9.84 Å². The standard InChI is InChI=1S/C12H12BNO4S/c1-19(17,18)11-4-2-9(3-5-11)12-8-10(13(15)16)6-7-14-12/h2-8,15-16H,1H3. The minimum atomic E-state index is -3.22. The summed E-state index contributed by atoms with van der Waals surface area (Å²) in [5.74, 6) is 0. The zero-order chi connectivity index (χ0) is 14.0. The number of benzene rings is 1. The molecule has 0 amide bonds. The lowest BCUT2D eigenvalue weighted by atomic mass is 9.80. The van der Waals surface area contributed by atoms with Gasteiger partial charge in [-0.25, -0.2) is 8.42 Å². The predicted molar refractivity (Wildman–Crippen MR) is 72.6 cm³/mol. The molecule has 0 unspecified atom stereocenters. The molecule has 0 aliphatic carbocycles. The molecule has 0 atom stereocenters. The fourth-order valence-corrected chi connectivity index (χ4v) is 2.27. The van der Waals surface area contributed by atoms with Crippen molar-refractivity contribution in [3.8, 4) is 11.3 Å². The second-order valence-electron chi connectivity index (χ2n) is 4.14. The fraction of sp³-hybridized carbons (Fsp3) is 0.0833. The topological polar surface area (TPSA) is 87.5 Å².